The van der Waals surface area contributed by atoms with Crippen molar-refractivity contribution in [2.45, 2.75) is 19.6 Å². The fourth-order valence-corrected chi connectivity index (χ4v) is 1.77. The van der Waals surface area contributed by atoms with Gasteiger partial charge in [-0.2, -0.15) is 0 Å². The molecule has 0 aliphatic heterocycles. The zero-order chi connectivity index (χ0) is 13.0. The van der Waals surface area contributed by atoms with E-state index in [1.54, 1.807) is 12.1 Å². The van der Waals surface area contributed by atoms with Gasteiger partial charge in [0.25, 0.3) is 0 Å². The molecule has 0 spiro atoms. The van der Waals surface area contributed by atoms with E-state index in [1.807, 2.05) is 37.3 Å². The van der Waals surface area contributed by atoms with E-state index in [-0.39, 0.29) is 17.6 Å². The summed E-state index contributed by atoms with van der Waals surface area (Å²) in [5.74, 6) is -0.128. The molecule has 0 bridgehead atoms. The van der Waals surface area contributed by atoms with Crippen LogP contribution in [0.5, 0.6) is 5.75 Å². The van der Waals surface area contributed by atoms with Gasteiger partial charge in [-0.1, -0.05) is 42.5 Å². The minimum Gasteiger partial charge on any atom is -0.485 e. The SMILES string of the molecule is C[C@@H](N)c1cccc(F)c1OCc1ccccc1. The first-order valence-corrected chi connectivity index (χ1v) is 5.89. The highest BCUT2D eigenvalue weighted by Crippen LogP contribution is 2.27. The summed E-state index contributed by atoms with van der Waals surface area (Å²) in [7, 11) is 0. The van der Waals surface area contributed by atoms with E-state index in [1.165, 1.54) is 6.07 Å². The van der Waals surface area contributed by atoms with Crippen molar-refractivity contribution >= 4 is 0 Å². The molecule has 0 fully saturated rings. The Morgan fingerprint density at radius 2 is 1.83 bits per heavy atom. The summed E-state index contributed by atoms with van der Waals surface area (Å²) in [6, 6.07) is 14.2. The van der Waals surface area contributed by atoms with Crippen LogP contribution >= 0.6 is 0 Å². The third-order valence-corrected chi connectivity index (χ3v) is 2.71. The summed E-state index contributed by atoms with van der Waals surface area (Å²) >= 11 is 0. The molecule has 3 heteroatoms. The maximum absolute atomic E-state index is 13.7. The van der Waals surface area contributed by atoms with E-state index in [2.05, 4.69) is 0 Å². The van der Waals surface area contributed by atoms with Gasteiger partial charge in [0.2, 0.25) is 0 Å². The lowest BCUT2D eigenvalue weighted by Gasteiger charge is -2.14. The first-order chi connectivity index (χ1) is 8.68. The zero-order valence-electron chi connectivity index (χ0n) is 10.3. The van der Waals surface area contributed by atoms with Crippen molar-refractivity contribution in [3.05, 3.63) is 65.5 Å². The van der Waals surface area contributed by atoms with Crippen LogP contribution in [0.4, 0.5) is 4.39 Å². The van der Waals surface area contributed by atoms with Gasteiger partial charge in [-0.05, 0) is 18.6 Å². The first-order valence-electron chi connectivity index (χ1n) is 5.89. The molecule has 0 aliphatic carbocycles. The molecule has 2 aromatic rings. The molecule has 0 saturated heterocycles. The number of hydrogen-bond acceptors (Lipinski definition) is 2. The molecule has 0 aliphatic rings. The lowest BCUT2D eigenvalue weighted by atomic mass is 10.1. The molecule has 2 aromatic carbocycles. The van der Waals surface area contributed by atoms with Crippen LogP contribution in [0.15, 0.2) is 48.5 Å². The fourth-order valence-electron chi connectivity index (χ4n) is 1.77. The van der Waals surface area contributed by atoms with E-state index in [9.17, 15) is 4.39 Å². The Balaban J connectivity index is 2.19. The molecule has 2 N–H and O–H groups in total. The molecule has 18 heavy (non-hydrogen) atoms. The average molecular weight is 245 g/mol. The third-order valence-electron chi connectivity index (χ3n) is 2.71. The van der Waals surface area contributed by atoms with E-state index in [0.717, 1.165) is 5.56 Å². The highest BCUT2D eigenvalue weighted by molar-refractivity contribution is 5.37. The van der Waals surface area contributed by atoms with E-state index >= 15 is 0 Å². The molecule has 0 heterocycles. The zero-order valence-corrected chi connectivity index (χ0v) is 10.3. The first kappa shape index (κ1) is 12.6. The van der Waals surface area contributed by atoms with Gasteiger partial charge in [-0.25, -0.2) is 4.39 Å². The second-order valence-electron chi connectivity index (χ2n) is 4.22. The molecule has 0 saturated carbocycles. The highest BCUT2D eigenvalue weighted by atomic mass is 19.1. The number of para-hydroxylation sites is 1. The van der Waals surface area contributed by atoms with Gasteiger partial charge < -0.3 is 10.5 Å². The predicted octanol–water partition coefficient (Wildman–Crippen LogP) is 3.42. The van der Waals surface area contributed by atoms with Crippen molar-refractivity contribution in [3.63, 3.8) is 0 Å². The minimum absolute atomic E-state index is 0.247. The Bertz CT molecular complexity index is 511. The smallest absolute Gasteiger partial charge is 0.165 e. The molecular weight excluding hydrogens is 229 g/mol. The normalized spacial score (nSPS) is 12.2. The van der Waals surface area contributed by atoms with Gasteiger partial charge in [-0.15, -0.1) is 0 Å². The molecule has 1 atom stereocenters. The lowest BCUT2D eigenvalue weighted by Crippen LogP contribution is -2.09. The van der Waals surface area contributed by atoms with Crippen molar-refractivity contribution in [1.82, 2.24) is 0 Å². The summed E-state index contributed by atoms with van der Waals surface area (Å²) in [6.07, 6.45) is 0. The molecule has 0 aromatic heterocycles. The quantitative estimate of drug-likeness (QED) is 0.895. The summed E-state index contributed by atoms with van der Waals surface area (Å²) in [5.41, 5.74) is 7.49. The van der Waals surface area contributed by atoms with Crippen LogP contribution in [0.1, 0.15) is 24.1 Å². The lowest BCUT2D eigenvalue weighted by molar-refractivity contribution is 0.285. The van der Waals surface area contributed by atoms with Gasteiger partial charge in [0.15, 0.2) is 11.6 Å². The Morgan fingerprint density at radius 1 is 1.11 bits per heavy atom. The molecule has 0 radical (unpaired) electrons. The largest absolute Gasteiger partial charge is 0.485 e. The third kappa shape index (κ3) is 2.87. The van der Waals surface area contributed by atoms with Crippen LogP contribution in [0.2, 0.25) is 0 Å². The maximum Gasteiger partial charge on any atom is 0.165 e. The van der Waals surface area contributed by atoms with Crippen LogP contribution in [-0.2, 0) is 6.61 Å². The second kappa shape index (κ2) is 5.65. The number of halogens is 1. The monoisotopic (exact) mass is 245 g/mol. The van der Waals surface area contributed by atoms with Crippen LogP contribution in [0.3, 0.4) is 0 Å². The Hall–Kier alpha value is -1.87. The van der Waals surface area contributed by atoms with E-state index < -0.39 is 0 Å². The number of rotatable bonds is 4. The van der Waals surface area contributed by atoms with Crippen LogP contribution in [0, 0.1) is 5.82 Å². The molecular formula is C15H16FNO. The Morgan fingerprint density at radius 3 is 2.50 bits per heavy atom. The van der Waals surface area contributed by atoms with Gasteiger partial charge in [0, 0.05) is 11.6 Å². The van der Waals surface area contributed by atoms with Gasteiger partial charge >= 0.3 is 0 Å². The topological polar surface area (TPSA) is 35.2 Å². The van der Waals surface area contributed by atoms with E-state index in [4.69, 9.17) is 10.5 Å². The summed E-state index contributed by atoms with van der Waals surface area (Å²) in [5, 5.41) is 0. The maximum atomic E-state index is 13.7. The molecule has 2 nitrogen and oxygen atoms in total. The van der Waals surface area contributed by atoms with Crippen molar-refractivity contribution in [1.29, 1.82) is 0 Å². The van der Waals surface area contributed by atoms with Crippen LogP contribution in [0.25, 0.3) is 0 Å². The van der Waals surface area contributed by atoms with Crippen molar-refractivity contribution in [2.75, 3.05) is 0 Å². The van der Waals surface area contributed by atoms with Gasteiger partial charge in [0.1, 0.15) is 6.61 Å². The Kier molecular flexibility index (Phi) is 3.95. The highest BCUT2D eigenvalue weighted by Gasteiger charge is 2.12. The van der Waals surface area contributed by atoms with Crippen molar-refractivity contribution in [2.24, 2.45) is 5.73 Å². The molecule has 0 amide bonds. The van der Waals surface area contributed by atoms with E-state index in [0.29, 0.717) is 12.2 Å². The molecule has 0 unspecified atom stereocenters. The summed E-state index contributed by atoms with van der Waals surface area (Å²) in [6.45, 7) is 2.14. The van der Waals surface area contributed by atoms with Crippen LogP contribution in [-0.4, -0.2) is 0 Å². The van der Waals surface area contributed by atoms with Gasteiger partial charge in [0.05, 0.1) is 0 Å². The Labute approximate surface area is 106 Å². The van der Waals surface area contributed by atoms with Crippen LogP contribution < -0.4 is 10.5 Å². The predicted molar refractivity (Wildman–Crippen MR) is 69.8 cm³/mol. The molecule has 2 rings (SSSR count). The number of ether oxygens (including phenoxy) is 1. The minimum atomic E-state index is -0.374. The number of nitrogens with two attached hydrogens (primary N) is 1. The summed E-state index contributed by atoms with van der Waals surface area (Å²) < 4.78 is 19.3. The summed E-state index contributed by atoms with van der Waals surface area (Å²) in [4.78, 5) is 0. The average Bonchev–Trinajstić information content (AvgIpc) is 2.38. The van der Waals surface area contributed by atoms with Crippen molar-refractivity contribution < 1.29 is 9.13 Å². The number of benzene rings is 2. The fraction of sp³-hybridized carbons (Fsp3) is 0.200. The standard InChI is InChI=1S/C15H16FNO/c1-11(17)13-8-5-9-14(16)15(13)18-10-12-6-3-2-4-7-12/h2-9,11H,10,17H2,1H3/t11-/m1/s1. The second-order valence-corrected chi connectivity index (χ2v) is 4.22. The molecule has 94 valence electrons. The number of hydrogen-bond donors (Lipinski definition) is 1. The van der Waals surface area contributed by atoms with Gasteiger partial charge in [-0.3, -0.25) is 0 Å². The van der Waals surface area contributed by atoms with Crippen molar-refractivity contribution in [3.8, 4) is 5.75 Å².